The fraction of sp³-hybridized carbons (Fsp3) is 0.385. The number of aryl methyl sites for hydroxylation is 4. The summed E-state index contributed by atoms with van der Waals surface area (Å²) in [5, 5.41) is 0. The Kier molecular flexibility index (Phi) is 3.89. The largest absolute Gasteiger partial charge is 0.311 e. The van der Waals surface area contributed by atoms with Crippen LogP contribution in [-0.4, -0.2) is 19.9 Å². The van der Waals surface area contributed by atoms with Crippen molar-refractivity contribution < 1.29 is 0 Å². The Labute approximate surface area is 110 Å². The van der Waals surface area contributed by atoms with Crippen molar-refractivity contribution in [1.29, 1.82) is 0 Å². The molecule has 6 heteroatoms. The third kappa shape index (κ3) is 3.87. The predicted molar refractivity (Wildman–Crippen MR) is 71.2 cm³/mol. The summed E-state index contributed by atoms with van der Waals surface area (Å²) in [5.74, 6) is 1.33. The first kappa shape index (κ1) is 13.2. The number of aromatic nitrogens is 4. The lowest BCUT2D eigenvalue weighted by Gasteiger charge is -2.03. The van der Waals surface area contributed by atoms with Gasteiger partial charge in [-0.3, -0.25) is 9.59 Å². The second kappa shape index (κ2) is 5.60. The second-order valence-corrected chi connectivity index (χ2v) is 4.52. The Morgan fingerprint density at radius 3 is 1.68 bits per heavy atom. The number of aromatic amines is 2. The van der Waals surface area contributed by atoms with E-state index in [0.29, 0.717) is 35.9 Å². The van der Waals surface area contributed by atoms with Gasteiger partial charge in [0.25, 0.3) is 11.1 Å². The predicted octanol–water partition coefficient (Wildman–Crippen LogP) is 0.645. The number of H-pyrrole nitrogens is 2. The highest BCUT2D eigenvalue weighted by molar-refractivity contribution is 5.02. The van der Waals surface area contributed by atoms with Gasteiger partial charge in [-0.1, -0.05) is 0 Å². The maximum absolute atomic E-state index is 11.3. The van der Waals surface area contributed by atoms with Crippen molar-refractivity contribution in [2.75, 3.05) is 0 Å². The summed E-state index contributed by atoms with van der Waals surface area (Å²) in [7, 11) is 0. The summed E-state index contributed by atoms with van der Waals surface area (Å²) in [5.41, 5.74) is 1.15. The van der Waals surface area contributed by atoms with Crippen LogP contribution in [0.2, 0.25) is 0 Å². The average molecular weight is 260 g/mol. The fourth-order valence-electron chi connectivity index (χ4n) is 1.94. The first-order valence-corrected chi connectivity index (χ1v) is 6.16. The van der Waals surface area contributed by atoms with E-state index in [0.717, 1.165) is 6.42 Å². The molecule has 2 aromatic rings. The van der Waals surface area contributed by atoms with Gasteiger partial charge in [-0.2, -0.15) is 0 Å². The lowest BCUT2D eigenvalue weighted by Crippen LogP contribution is -2.13. The van der Waals surface area contributed by atoms with Gasteiger partial charge in [0.1, 0.15) is 11.6 Å². The Balaban J connectivity index is 2.00. The summed E-state index contributed by atoms with van der Waals surface area (Å²) in [6.45, 7) is 3.58. The molecule has 0 aromatic carbocycles. The van der Waals surface area contributed by atoms with Gasteiger partial charge in [0.05, 0.1) is 0 Å². The van der Waals surface area contributed by atoms with E-state index in [1.54, 1.807) is 13.8 Å². The van der Waals surface area contributed by atoms with Crippen molar-refractivity contribution >= 4 is 0 Å². The molecule has 0 spiro atoms. The van der Waals surface area contributed by atoms with E-state index in [4.69, 9.17) is 0 Å². The molecule has 0 bridgehead atoms. The van der Waals surface area contributed by atoms with Crippen molar-refractivity contribution in [3.05, 3.63) is 55.9 Å². The van der Waals surface area contributed by atoms with Gasteiger partial charge in [-0.05, 0) is 20.3 Å². The first-order chi connectivity index (χ1) is 9.02. The van der Waals surface area contributed by atoms with Crippen molar-refractivity contribution in [1.82, 2.24) is 19.9 Å². The molecule has 0 aliphatic carbocycles. The van der Waals surface area contributed by atoms with Crippen LogP contribution < -0.4 is 11.1 Å². The van der Waals surface area contributed by atoms with Gasteiger partial charge in [0.15, 0.2) is 0 Å². The lowest BCUT2D eigenvalue weighted by molar-refractivity contribution is 0.724. The standard InChI is InChI=1S/C13H16N4O2/c1-8-6-12(18)16-10(14-8)4-3-5-11-15-9(2)7-13(19)17-11/h6-7H,3-5H2,1-2H3,(H,14,16,18)(H,15,17,19). The Hall–Kier alpha value is -2.24. The molecular weight excluding hydrogens is 244 g/mol. The maximum atomic E-state index is 11.3. The van der Waals surface area contributed by atoms with Crippen LogP contribution in [-0.2, 0) is 12.8 Å². The second-order valence-electron chi connectivity index (χ2n) is 4.52. The van der Waals surface area contributed by atoms with Crippen LogP contribution in [0.25, 0.3) is 0 Å². The number of nitrogens with one attached hydrogen (secondary N) is 2. The van der Waals surface area contributed by atoms with Crippen LogP contribution in [0.1, 0.15) is 29.5 Å². The lowest BCUT2D eigenvalue weighted by atomic mass is 10.2. The molecule has 0 amide bonds. The van der Waals surface area contributed by atoms with Crippen LogP contribution in [0.15, 0.2) is 21.7 Å². The summed E-state index contributed by atoms with van der Waals surface area (Å²) < 4.78 is 0. The van der Waals surface area contributed by atoms with Crippen LogP contribution in [0.4, 0.5) is 0 Å². The number of hydrogen-bond acceptors (Lipinski definition) is 4. The molecule has 0 unspecified atom stereocenters. The summed E-state index contributed by atoms with van der Waals surface area (Å²) in [4.78, 5) is 36.5. The van der Waals surface area contributed by atoms with Gasteiger partial charge < -0.3 is 9.97 Å². The minimum atomic E-state index is -0.135. The third-order valence-corrected chi connectivity index (χ3v) is 2.66. The molecule has 0 aliphatic heterocycles. The quantitative estimate of drug-likeness (QED) is 0.844. The van der Waals surface area contributed by atoms with E-state index in [9.17, 15) is 9.59 Å². The SMILES string of the molecule is Cc1cc(=O)[nH]c(CCCc2nc(C)cc(=O)[nH]2)n1. The highest BCUT2D eigenvalue weighted by Gasteiger charge is 2.01. The molecule has 100 valence electrons. The summed E-state index contributed by atoms with van der Waals surface area (Å²) >= 11 is 0. The normalized spacial score (nSPS) is 10.6. The maximum Gasteiger partial charge on any atom is 0.251 e. The zero-order valence-corrected chi connectivity index (χ0v) is 11.0. The van der Waals surface area contributed by atoms with Crippen molar-refractivity contribution in [2.24, 2.45) is 0 Å². The van der Waals surface area contributed by atoms with E-state index >= 15 is 0 Å². The molecule has 19 heavy (non-hydrogen) atoms. The van der Waals surface area contributed by atoms with Gasteiger partial charge in [-0.25, -0.2) is 9.97 Å². The minimum absolute atomic E-state index is 0.135. The van der Waals surface area contributed by atoms with Crippen LogP contribution in [0.5, 0.6) is 0 Å². The van der Waals surface area contributed by atoms with E-state index < -0.39 is 0 Å². The van der Waals surface area contributed by atoms with E-state index in [1.165, 1.54) is 12.1 Å². The Bertz CT molecular complexity index is 628. The molecule has 0 saturated heterocycles. The zero-order valence-electron chi connectivity index (χ0n) is 11.0. The molecule has 2 heterocycles. The minimum Gasteiger partial charge on any atom is -0.311 e. The summed E-state index contributed by atoms with van der Waals surface area (Å²) in [6.07, 6.45) is 2.06. The molecule has 0 atom stereocenters. The molecule has 2 aromatic heterocycles. The molecule has 0 radical (unpaired) electrons. The molecule has 0 saturated carbocycles. The van der Waals surface area contributed by atoms with Crippen molar-refractivity contribution in [3.8, 4) is 0 Å². The number of hydrogen-bond donors (Lipinski definition) is 2. The van der Waals surface area contributed by atoms with Gasteiger partial charge in [-0.15, -0.1) is 0 Å². The molecule has 2 N–H and O–H groups in total. The monoisotopic (exact) mass is 260 g/mol. The first-order valence-electron chi connectivity index (χ1n) is 6.16. The van der Waals surface area contributed by atoms with Gasteiger partial charge in [0.2, 0.25) is 0 Å². The summed E-state index contributed by atoms with van der Waals surface area (Å²) in [6, 6.07) is 2.92. The topological polar surface area (TPSA) is 91.5 Å². The highest BCUT2D eigenvalue weighted by Crippen LogP contribution is 2.00. The smallest absolute Gasteiger partial charge is 0.251 e. The molecule has 0 aliphatic rings. The van der Waals surface area contributed by atoms with Crippen LogP contribution in [0.3, 0.4) is 0 Å². The average Bonchev–Trinajstić information content (AvgIpc) is 2.26. The Morgan fingerprint density at radius 2 is 1.32 bits per heavy atom. The zero-order chi connectivity index (χ0) is 13.8. The van der Waals surface area contributed by atoms with Gasteiger partial charge >= 0.3 is 0 Å². The molecule has 2 rings (SSSR count). The third-order valence-electron chi connectivity index (χ3n) is 2.66. The van der Waals surface area contributed by atoms with Crippen LogP contribution >= 0.6 is 0 Å². The fourth-order valence-corrected chi connectivity index (χ4v) is 1.94. The van der Waals surface area contributed by atoms with E-state index in [2.05, 4.69) is 19.9 Å². The number of rotatable bonds is 4. The van der Waals surface area contributed by atoms with E-state index in [1.807, 2.05) is 0 Å². The molecule has 6 nitrogen and oxygen atoms in total. The van der Waals surface area contributed by atoms with Gasteiger partial charge in [0, 0.05) is 36.4 Å². The molecule has 0 fully saturated rings. The molecular formula is C13H16N4O2. The number of nitrogens with zero attached hydrogens (tertiary/aromatic N) is 2. The van der Waals surface area contributed by atoms with Crippen molar-refractivity contribution in [3.63, 3.8) is 0 Å². The highest BCUT2D eigenvalue weighted by atomic mass is 16.1. The Morgan fingerprint density at radius 1 is 0.895 bits per heavy atom. The van der Waals surface area contributed by atoms with Crippen molar-refractivity contribution in [2.45, 2.75) is 33.1 Å². The van der Waals surface area contributed by atoms with E-state index in [-0.39, 0.29) is 11.1 Å². The van der Waals surface area contributed by atoms with Crippen LogP contribution in [0, 0.1) is 13.8 Å².